The lowest BCUT2D eigenvalue weighted by Crippen LogP contribution is -2.27. The summed E-state index contributed by atoms with van der Waals surface area (Å²) in [6.45, 7) is 5.28. The molecule has 0 radical (unpaired) electrons. The third-order valence-corrected chi connectivity index (χ3v) is 4.97. The average molecular weight is 303 g/mol. The van der Waals surface area contributed by atoms with Crippen molar-refractivity contribution in [2.24, 2.45) is 5.84 Å². The molecule has 0 aliphatic heterocycles. The van der Waals surface area contributed by atoms with E-state index in [1.54, 1.807) is 11.3 Å². The standard InChI is InChI=1S/C15H21N5S/c1-15(2,11-4-3-7-21-11)9-17-12-8-13(20-16)19-14(18-12)10-5-6-10/h3-4,7-8,10H,5-6,9,16H2,1-2H3,(H2,17,18,19,20). The van der Waals surface area contributed by atoms with Crippen LogP contribution in [0.25, 0.3) is 0 Å². The summed E-state index contributed by atoms with van der Waals surface area (Å²) in [6.07, 6.45) is 2.35. The maximum Gasteiger partial charge on any atom is 0.145 e. The van der Waals surface area contributed by atoms with E-state index in [1.165, 1.54) is 17.7 Å². The Balaban J connectivity index is 1.74. The number of hydrogen-bond acceptors (Lipinski definition) is 6. The summed E-state index contributed by atoms with van der Waals surface area (Å²) in [6, 6.07) is 6.12. The molecule has 112 valence electrons. The number of nitrogens with two attached hydrogens (primary N) is 1. The molecule has 1 aliphatic carbocycles. The number of nitrogen functional groups attached to an aromatic ring is 1. The van der Waals surface area contributed by atoms with Crippen LogP contribution in [0.3, 0.4) is 0 Å². The first-order valence-electron chi connectivity index (χ1n) is 7.22. The first-order chi connectivity index (χ1) is 10.1. The second-order valence-corrected chi connectivity index (χ2v) is 7.08. The first-order valence-corrected chi connectivity index (χ1v) is 8.10. The molecule has 0 spiro atoms. The van der Waals surface area contributed by atoms with Crippen LogP contribution in [0.15, 0.2) is 23.6 Å². The minimum Gasteiger partial charge on any atom is -0.369 e. The summed E-state index contributed by atoms with van der Waals surface area (Å²) < 4.78 is 0. The van der Waals surface area contributed by atoms with Crippen LogP contribution in [0.1, 0.15) is 43.3 Å². The Morgan fingerprint density at radius 1 is 1.33 bits per heavy atom. The van der Waals surface area contributed by atoms with Gasteiger partial charge in [-0.1, -0.05) is 19.9 Å². The molecule has 0 saturated heterocycles. The Hall–Kier alpha value is -1.66. The van der Waals surface area contributed by atoms with Gasteiger partial charge in [0, 0.05) is 28.8 Å². The summed E-state index contributed by atoms with van der Waals surface area (Å²) in [5.41, 5.74) is 2.69. The highest BCUT2D eigenvalue weighted by molar-refractivity contribution is 7.10. The van der Waals surface area contributed by atoms with Crippen molar-refractivity contribution in [3.63, 3.8) is 0 Å². The number of hydrazine groups is 1. The number of thiophene rings is 1. The van der Waals surface area contributed by atoms with Crippen LogP contribution in [0.5, 0.6) is 0 Å². The smallest absolute Gasteiger partial charge is 0.145 e. The fourth-order valence-corrected chi connectivity index (χ4v) is 3.07. The van der Waals surface area contributed by atoms with E-state index in [1.807, 2.05) is 6.07 Å². The third kappa shape index (κ3) is 3.33. The molecular weight excluding hydrogens is 282 g/mol. The summed E-state index contributed by atoms with van der Waals surface area (Å²) in [5.74, 6) is 8.40. The number of nitrogens with one attached hydrogen (secondary N) is 2. The van der Waals surface area contributed by atoms with Gasteiger partial charge in [0.05, 0.1) is 0 Å². The average Bonchev–Trinajstić information content (AvgIpc) is 3.18. The van der Waals surface area contributed by atoms with Crippen molar-refractivity contribution in [2.45, 2.75) is 38.0 Å². The molecule has 0 amide bonds. The molecule has 2 aromatic heterocycles. The molecular formula is C15H21N5S. The molecule has 21 heavy (non-hydrogen) atoms. The quantitative estimate of drug-likeness (QED) is 0.565. The number of anilines is 2. The normalized spacial score (nSPS) is 15.0. The Kier molecular flexibility index (Phi) is 3.82. The minimum absolute atomic E-state index is 0.0647. The molecule has 0 unspecified atom stereocenters. The second kappa shape index (κ2) is 5.61. The van der Waals surface area contributed by atoms with E-state index in [9.17, 15) is 0 Å². The molecule has 6 heteroatoms. The van der Waals surface area contributed by atoms with Gasteiger partial charge in [-0.2, -0.15) is 0 Å². The minimum atomic E-state index is 0.0647. The van der Waals surface area contributed by atoms with Gasteiger partial charge in [0.25, 0.3) is 0 Å². The maximum atomic E-state index is 5.50. The van der Waals surface area contributed by atoms with E-state index in [2.05, 4.69) is 52.1 Å². The molecule has 0 aromatic carbocycles. The van der Waals surface area contributed by atoms with Crippen molar-refractivity contribution in [1.82, 2.24) is 9.97 Å². The van der Waals surface area contributed by atoms with Crippen LogP contribution in [-0.2, 0) is 5.41 Å². The predicted octanol–water partition coefficient (Wildman–Crippen LogP) is 3.09. The van der Waals surface area contributed by atoms with E-state index in [-0.39, 0.29) is 5.41 Å². The number of aromatic nitrogens is 2. The van der Waals surface area contributed by atoms with E-state index in [0.29, 0.717) is 11.7 Å². The van der Waals surface area contributed by atoms with Gasteiger partial charge in [-0.05, 0) is 24.3 Å². The third-order valence-electron chi connectivity index (χ3n) is 3.73. The molecule has 3 rings (SSSR count). The highest BCUT2D eigenvalue weighted by Crippen LogP contribution is 2.39. The van der Waals surface area contributed by atoms with Crippen LogP contribution >= 0.6 is 11.3 Å². The lowest BCUT2D eigenvalue weighted by atomic mass is 9.91. The lowest BCUT2D eigenvalue weighted by molar-refractivity contribution is 0.568. The highest BCUT2D eigenvalue weighted by Gasteiger charge is 2.28. The van der Waals surface area contributed by atoms with Gasteiger partial charge in [-0.15, -0.1) is 11.3 Å². The van der Waals surface area contributed by atoms with Crippen LogP contribution < -0.4 is 16.6 Å². The molecule has 1 fully saturated rings. The topological polar surface area (TPSA) is 75.9 Å². The zero-order valence-electron chi connectivity index (χ0n) is 12.4. The largest absolute Gasteiger partial charge is 0.369 e. The van der Waals surface area contributed by atoms with Crippen LogP contribution in [0, 0.1) is 0 Å². The van der Waals surface area contributed by atoms with Crippen molar-refractivity contribution in [2.75, 3.05) is 17.3 Å². The summed E-state index contributed by atoms with van der Waals surface area (Å²) >= 11 is 1.79. The van der Waals surface area contributed by atoms with E-state index in [0.717, 1.165) is 18.2 Å². The SMILES string of the molecule is CC(C)(CNc1cc(NN)nc(C2CC2)n1)c1cccs1. The van der Waals surface area contributed by atoms with E-state index in [4.69, 9.17) is 5.84 Å². The molecule has 0 bridgehead atoms. The van der Waals surface area contributed by atoms with Crippen molar-refractivity contribution in [3.8, 4) is 0 Å². The van der Waals surface area contributed by atoms with Gasteiger partial charge in [0.2, 0.25) is 0 Å². The maximum absolute atomic E-state index is 5.50. The van der Waals surface area contributed by atoms with Gasteiger partial charge >= 0.3 is 0 Å². The highest BCUT2D eigenvalue weighted by atomic mass is 32.1. The molecule has 1 saturated carbocycles. The zero-order valence-corrected chi connectivity index (χ0v) is 13.2. The van der Waals surface area contributed by atoms with Gasteiger partial charge in [-0.25, -0.2) is 15.8 Å². The van der Waals surface area contributed by atoms with Gasteiger partial charge in [-0.3, -0.25) is 0 Å². The monoisotopic (exact) mass is 303 g/mol. The molecule has 0 atom stereocenters. The van der Waals surface area contributed by atoms with E-state index < -0.39 is 0 Å². The second-order valence-electron chi connectivity index (χ2n) is 6.13. The van der Waals surface area contributed by atoms with Crippen LogP contribution in [0.2, 0.25) is 0 Å². The Labute approximate surface area is 129 Å². The molecule has 1 aliphatic rings. The van der Waals surface area contributed by atoms with Gasteiger partial charge < -0.3 is 10.7 Å². The van der Waals surface area contributed by atoms with Crippen molar-refractivity contribution >= 4 is 23.0 Å². The fraction of sp³-hybridized carbons (Fsp3) is 0.467. The molecule has 2 aromatic rings. The Morgan fingerprint density at radius 2 is 2.10 bits per heavy atom. The van der Waals surface area contributed by atoms with Crippen LogP contribution in [0.4, 0.5) is 11.6 Å². The number of hydrogen-bond donors (Lipinski definition) is 3. The number of rotatable bonds is 6. The van der Waals surface area contributed by atoms with Crippen molar-refractivity contribution in [1.29, 1.82) is 0 Å². The zero-order chi connectivity index (χ0) is 14.9. The lowest BCUT2D eigenvalue weighted by Gasteiger charge is -2.24. The van der Waals surface area contributed by atoms with Crippen LogP contribution in [-0.4, -0.2) is 16.5 Å². The predicted molar refractivity (Wildman–Crippen MR) is 87.7 cm³/mol. The van der Waals surface area contributed by atoms with Crippen molar-refractivity contribution < 1.29 is 0 Å². The summed E-state index contributed by atoms with van der Waals surface area (Å²) in [5, 5.41) is 5.55. The number of nitrogens with zero attached hydrogens (tertiary/aromatic N) is 2. The Bertz CT molecular complexity index is 605. The fourth-order valence-electron chi connectivity index (χ4n) is 2.22. The van der Waals surface area contributed by atoms with E-state index >= 15 is 0 Å². The molecule has 2 heterocycles. The Morgan fingerprint density at radius 3 is 2.71 bits per heavy atom. The molecule has 4 N–H and O–H groups in total. The summed E-state index contributed by atoms with van der Waals surface area (Å²) in [4.78, 5) is 10.4. The molecule has 5 nitrogen and oxygen atoms in total. The first kappa shape index (κ1) is 14.3. The van der Waals surface area contributed by atoms with Crippen molar-refractivity contribution in [3.05, 3.63) is 34.3 Å². The summed E-state index contributed by atoms with van der Waals surface area (Å²) in [7, 11) is 0. The van der Waals surface area contributed by atoms with Gasteiger partial charge in [0.15, 0.2) is 0 Å². The van der Waals surface area contributed by atoms with Gasteiger partial charge in [0.1, 0.15) is 17.5 Å².